The van der Waals surface area contributed by atoms with Crippen molar-refractivity contribution in [2.45, 2.75) is 26.2 Å². The van der Waals surface area contributed by atoms with Crippen molar-refractivity contribution in [1.82, 2.24) is 10.2 Å². The molecule has 0 saturated carbocycles. The molecule has 7 nitrogen and oxygen atoms in total. The van der Waals surface area contributed by atoms with Gasteiger partial charge in [0.1, 0.15) is 0 Å². The molecule has 2 amide bonds. The van der Waals surface area contributed by atoms with Crippen LogP contribution in [0.25, 0.3) is 0 Å². The highest BCUT2D eigenvalue weighted by molar-refractivity contribution is 5.92. The van der Waals surface area contributed by atoms with Crippen LogP contribution in [0.4, 0.5) is 10.5 Å². The van der Waals surface area contributed by atoms with E-state index in [1.807, 2.05) is 6.92 Å². The van der Waals surface area contributed by atoms with Gasteiger partial charge in [-0.3, -0.25) is 4.90 Å². The Hall–Kier alpha value is -2.12. The summed E-state index contributed by atoms with van der Waals surface area (Å²) >= 11 is 0. The molecule has 1 aliphatic rings. The SMILES string of the molecule is CCCCOC(=O)c1ccc(NC(=O)NCCCN2CCOCC2)cc1. The van der Waals surface area contributed by atoms with Gasteiger partial charge in [0, 0.05) is 25.3 Å². The fourth-order valence-corrected chi connectivity index (χ4v) is 2.59. The highest BCUT2D eigenvalue weighted by atomic mass is 16.5. The number of urea groups is 1. The standard InChI is InChI=1S/C19H29N3O4/c1-2-3-13-26-18(23)16-5-7-17(8-6-16)21-19(24)20-9-4-10-22-11-14-25-15-12-22/h5-8H,2-4,9-15H2,1H3,(H2,20,21,24). The predicted octanol–water partition coefficient (Wildman–Crippen LogP) is 2.49. The average Bonchev–Trinajstić information content (AvgIpc) is 2.67. The zero-order valence-corrected chi connectivity index (χ0v) is 15.5. The number of amides is 2. The second-order valence-electron chi connectivity index (χ2n) is 6.26. The van der Waals surface area contributed by atoms with Crippen LogP contribution in [-0.2, 0) is 9.47 Å². The molecule has 2 N–H and O–H groups in total. The lowest BCUT2D eigenvalue weighted by atomic mass is 10.2. The van der Waals surface area contributed by atoms with Gasteiger partial charge in [0.2, 0.25) is 0 Å². The Morgan fingerprint density at radius 2 is 1.88 bits per heavy atom. The van der Waals surface area contributed by atoms with Crippen LogP contribution >= 0.6 is 0 Å². The number of morpholine rings is 1. The summed E-state index contributed by atoms with van der Waals surface area (Å²) in [5, 5.41) is 5.61. The second-order valence-corrected chi connectivity index (χ2v) is 6.26. The summed E-state index contributed by atoms with van der Waals surface area (Å²) in [6.07, 6.45) is 2.74. The lowest BCUT2D eigenvalue weighted by Crippen LogP contribution is -2.38. The lowest BCUT2D eigenvalue weighted by molar-refractivity contribution is 0.0375. The molecule has 2 rings (SSSR count). The molecule has 0 radical (unpaired) electrons. The molecule has 0 atom stereocenters. The molecule has 1 heterocycles. The number of benzene rings is 1. The number of carbonyl (C=O) groups is 2. The van der Waals surface area contributed by atoms with E-state index in [-0.39, 0.29) is 12.0 Å². The Kier molecular flexibility index (Phi) is 8.92. The van der Waals surface area contributed by atoms with Crippen LogP contribution in [0.5, 0.6) is 0 Å². The van der Waals surface area contributed by atoms with E-state index in [0.29, 0.717) is 24.4 Å². The summed E-state index contributed by atoms with van der Waals surface area (Å²) < 4.78 is 10.5. The predicted molar refractivity (Wildman–Crippen MR) is 101 cm³/mol. The summed E-state index contributed by atoms with van der Waals surface area (Å²) in [4.78, 5) is 26.1. The van der Waals surface area contributed by atoms with Crippen LogP contribution in [0.1, 0.15) is 36.5 Å². The maximum absolute atomic E-state index is 11.9. The number of rotatable bonds is 9. The van der Waals surface area contributed by atoms with Gasteiger partial charge in [0.25, 0.3) is 0 Å². The summed E-state index contributed by atoms with van der Waals surface area (Å²) in [5.74, 6) is -0.336. The van der Waals surface area contributed by atoms with Crippen molar-refractivity contribution < 1.29 is 19.1 Å². The van der Waals surface area contributed by atoms with E-state index in [9.17, 15) is 9.59 Å². The first kappa shape index (κ1) is 20.2. The molecule has 144 valence electrons. The molecule has 1 saturated heterocycles. The van der Waals surface area contributed by atoms with E-state index in [2.05, 4.69) is 15.5 Å². The van der Waals surface area contributed by atoms with Gasteiger partial charge in [0.05, 0.1) is 25.4 Å². The van der Waals surface area contributed by atoms with Crippen molar-refractivity contribution in [3.8, 4) is 0 Å². The van der Waals surface area contributed by atoms with Crippen molar-refractivity contribution in [3.63, 3.8) is 0 Å². The minimum Gasteiger partial charge on any atom is -0.462 e. The third kappa shape index (κ3) is 7.41. The zero-order valence-electron chi connectivity index (χ0n) is 15.5. The number of esters is 1. The first-order chi connectivity index (χ1) is 12.7. The molecule has 0 bridgehead atoms. The van der Waals surface area contributed by atoms with E-state index < -0.39 is 0 Å². The quantitative estimate of drug-likeness (QED) is 0.520. The van der Waals surface area contributed by atoms with Gasteiger partial charge in [-0.2, -0.15) is 0 Å². The topological polar surface area (TPSA) is 79.9 Å². The first-order valence-electron chi connectivity index (χ1n) is 9.31. The monoisotopic (exact) mass is 363 g/mol. The third-order valence-corrected chi connectivity index (χ3v) is 4.15. The lowest BCUT2D eigenvalue weighted by Gasteiger charge is -2.26. The summed E-state index contributed by atoms with van der Waals surface area (Å²) in [6.45, 7) is 7.54. The van der Waals surface area contributed by atoms with Crippen LogP contribution in [0.3, 0.4) is 0 Å². The van der Waals surface area contributed by atoms with Crippen LogP contribution < -0.4 is 10.6 Å². The number of carbonyl (C=O) groups excluding carboxylic acids is 2. The van der Waals surface area contributed by atoms with E-state index >= 15 is 0 Å². The summed E-state index contributed by atoms with van der Waals surface area (Å²) in [5.41, 5.74) is 1.12. The molecular formula is C19H29N3O4. The number of hydrogen-bond donors (Lipinski definition) is 2. The largest absolute Gasteiger partial charge is 0.462 e. The van der Waals surface area contributed by atoms with Crippen LogP contribution in [0.2, 0.25) is 0 Å². The fourth-order valence-electron chi connectivity index (χ4n) is 2.59. The maximum atomic E-state index is 11.9. The number of ether oxygens (including phenoxy) is 2. The second kappa shape index (κ2) is 11.5. The van der Waals surface area contributed by atoms with E-state index in [1.54, 1.807) is 24.3 Å². The molecule has 1 aliphatic heterocycles. The number of unbranched alkanes of at least 4 members (excludes halogenated alkanes) is 1. The minimum atomic E-state index is -0.336. The summed E-state index contributed by atoms with van der Waals surface area (Å²) in [6, 6.07) is 6.46. The molecule has 26 heavy (non-hydrogen) atoms. The molecule has 0 aromatic heterocycles. The molecule has 1 aromatic carbocycles. The number of nitrogens with one attached hydrogen (secondary N) is 2. The van der Waals surface area contributed by atoms with Crippen molar-refractivity contribution >= 4 is 17.7 Å². The smallest absolute Gasteiger partial charge is 0.338 e. The number of hydrogen-bond acceptors (Lipinski definition) is 5. The van der Waals surface area contributed by atoms with Crippen LogP contribution in [0, 0.1) is 0 Å². The van der Waals surface area contributed by atoms with Crippen LogP contribution in [0.15, 0.2) is 24.3 Å². The molecule has 0 spiro atoms. The maximum Gasteiger partial charge on any atom is 0.338 e. The van der Waals surface area contributed by atoms with Gasteiger partial charge in [-0.15, -0.1) is 0 Å². The third-order valence-electron chi connectivity index (χ3n) is 4.15. The van der Waals surface area contributed by atoms with Crippen molar-refractivity contribution in [2.24, 2.45) is 0 Å². The zero-order chi connectivity index (χ0) is 18.6. The Morgan fingerprint density at radius 3 is 2.58 bits per heavy atom. The van der Waals surface area contributed by atoms with Crippen molar-refractivity contribution in [3.05, 3.63) is 29.8 Å². The normalized spacial score (nSPS) is 14.7. The Bertz CT molecular complexity index is 556. The van der Waals surface area contributed by atoms with Gasteiger partial charge < -0.3 is 20.1 Å². The Labute approximate surface area is 155 Å². The van der Waals surface area contributed by atoms with Gasteiger partial charge in [-0.25, -0.2) is 9.59 Å². The van der Waals surface area contributed by atoms with Gasteiger partial charge in [-0.05, 0) is 43.7 Å². The Morgan fingerprint density at radius 1 is 1.15 bits per heavy atom. The fraction of sp³-hybridized carbons (Fsp3) is 0.579. The first-order valence-corrected chi connectivity index (χ1v) is 9.31. The highest BCUT2D eigenvalue weighted by Gasteiger charge is 2.10. The molecule has 0 aliphatic carbocycles. The van der Waals surface area contributed by atoms with E-state index in [0.717, 1.165) is 52.1 Å². The average molecular weight is 363 g/mol. The van der Waals surface area contributed by atoms with Gasteiger partial charge in [0.15, 0.2) is 0 Å². The minimum absolute atomic E-state index is 0.245. The van der Waals surface area contributed by atoms with Crippen molar-refractivity contribution in [2.75, 3.05) is 51.3 Å². The number of nitrogens with zero attached hydrogens (tertiary/aromatic N) is 1. The highest BCUT2D eigenvalue weighted by Crippen LogP contribution is 2.10. The molecule has 1 aromatic rings. The van der Waals surface area contributed by atoms with E-state index in [1.165, 1.54) is 0 Å². The number of anilines is 1. The van der Waals surface area contributed by atoms with Gasteiger partial charge in [-0.1, -0.05) is 13.3 Å². The van der Waals surface area contributed by atoms with Crippen LogP contribution in [-0.4, -0.2) is 62.9 Å². The molecule has 7 heteroatoms. The molecular weight excluding hydrogens is 334 g/mol. The molecule has 1 fully saturated rings. The Balaban J connectivity index is 1.64. The van der Waals surface area contributed by atoms with Gasteiger partial charge >= 0.3 is 12.0 Å². The van der Waals surface area contributed by atoms with E-state index in [4.69, 9.17) is 9.47 Å². The van der Waals surface area contributed by atoms with Crippen molar-refractivity contribution in [1.29, 1.82) is 0 Å². The summed E-state index contributed by atoms with van der Waals surface area (Å²) in [7, 11) is 0. The molecule has 0 unspecified atom stereocenters.